The molecule has 2 rings (SSSR count). The van der Waals surface area contributed by atoms with Gasteiger partial charge in [-0.1, -0.05) is 31.5 Å². The molecule has 23 heavy (non-hydrogen) atoms. The molecule has 2 N–H and O–H groups in total. The highest BCUT2D eigenvalue weighted by molar-refractivity contribution is 5.98. The van der Waals surface area contributed by atoms with Gasteiger partial charge in [0.05, 0.1) is 5.69 Å². The lowest BCUT2D eigenvalue weighted by Gasteiger charge is -2.12. The molecule has 0 bridgehead atoms. The van der Waals surface area contributed by atoms with Crippen molar-refractivity contribution in [3.05, 3.63) is 53.6 Å². The van der Waals surface area contributed by atoms with Crippen molar-refractivity contribution in [3.8, 4) is 11.5 Å². The van der Waals surface area contributed by atoms with E-state index in [4.69, 9.17) is 15.2 Å². The number of benzene rings is 2. The van der Waals surface area contributed by atoms with Crippen LogP contribution in [0.1, 0.15) is 29.8 Å². The van der Waals surface area contributed by atoms with Gasteiger partial charge in [-0.3, -0.25) is 4.79 Å². The van der Waals surface area contributed by atoms with Gasteiger partial charge in [-0.05, 0) is 37.3 Å². The second-order valence-corrected chi connectivity index (χ2v) is 5.78. The Hall–Kier alpha value is -2.49. The molecule has 0 unspecified atom stereocenters. The first kappa shape index (κ1) is 16.9. The third-order valence-electron chi connectivity index (χ3n) is 3.45. The van der Waals surface area contributed by atoms with Crippen LogP contribution in [0.15, 0.2) is 42.5 Å². The van der Waals surface area contributed by atoms with Crippen LogP contribution in [0.2, 0.25) is 0 Å². The van der Waals surface area contributed by atoms with Crippen molar-refractivity contribution in [2.24, 2.45) is 5.92 Å². The van der Waals surface area contributed by atoms with Gasteiger partial charge in [0.2, 0.25) is 0 Å². The Labute approximate surface area is 137 Å². The zero-order chi connectivity index (χ0) is 16.8. The molecule has 0 saturated carbocycles. The van der Waals surface area contributed by atoms with Gasteiger partial charge in [-0.15, -0.1) is 0 Å². The number of anilines is 1. The number of aryl methyl sites for hydroxylation is 1. The lowest BCUT2D eigenvalue weighted by atomic mass is 10.0. The van der Waals surface area contributed by atoms with Crippen molar-refractivity contribution in [2.75, 3.05) is 18.9 Å². The van der Waals surface area contributed by atoms with E-state index in [2.05, 4.69) is 0 Å². The number of hydrogen-bond donors (Lipinski definition) is 1. The van der Waals surface area contributed by atoms with Crippen LogP contribution in [-0.4, -0.2) is 19.0 Å². The van der Waals surface area contributed by atoms with Crippen molar-refractivity contribution in [1.29, 1.82) is 0 Å². The molecule has 0 radical (unpaired) electrons. The summed E-state index contributed by atoms with van der Waals surface area (Å²) in [6, 6.07) is 13.0. The molecule has 0 saturated heterocycles. The van der Waals surface area contributed by atoms with Gasteiger partial charge in [-0.2, -0.15) is 0 Å². The molecule has 2 aromatic rings. The largest absolute Gasteiger partial charge is 0.490 e. The van der Waals surface area contributed by atoms with Gasteiger partial charge < -0.3 is 15.2 Å². The van der Waals surface area contributed by atoms with Gasteiger partial charge in [-0.25, -0.2) is 0 Å². The SMILES string of the molecule is Cc1ccc(OCCOc2ccc(C(=O)C(C)C)cc2N)cc1. The summed E-state index contributed by atoms with van der Waals surface area (Å²) in [5, 5.41) is 0. The van der Waals surface area contributed by atoms with Crippen LogP contribution >= 0.6 is 0 Å². The molecule has 0 fully saturated rings. The molecule has 0 atom stereocenters. The second-order valence-electron chi connectivity index (χ2n) is 5.78. The number of Topliss-reactive ketones (excluding diaryl/α,β-unsaturated/α-hetero) is 1. The fourth-order valence-electron chi connectivity index (χ4n) is 2.11. The van der Waals surface area contributed by atoms with Crippen LogP contribution in [0.3, 0.4) is 0 Å². The van der Waals surface area contributed by atoms with Crippen molar-refractivity contribution in [2.45, 2.75) is 20.8 Å². The summed E-state index contributed by atoms with van der Waals surface area (Å²) in [6.45, 7) is 6.57. The third-order valence-corrected chi connectivity index (χ3v) is 3.45. The van der Waals surface area contributed by atoms with Crippen LogP contribution in [-0.2, 0) is 0 Å². The van der Waals surface area contributed by atoms with Crippen LogP contribution in [0.5, 0.6) is 11.5 Å². The first-order valence-corrected chi connectivity index (χ1v) is 7.73. The number of carbonyl (C=O) groups excluding carboxylic acids is 1. The Morgan fingerprint density at radius 2 is 1.70 bits per heavy atom. The second kappa shape index (κ2) is 7.68. The first-order chi connectivity index (χ1) is 11.0. The number of carbonyl (C=O) groups is 1. The molecule has 0 amide bonds. The summed E-state index contributed by atoms with van der Waals surface area (Å²) in [6.07, 6.45) is 0. The molecule has 0 aliphatic carbocycles. The highest BCUT2D eigenvalue weighted by atomic mass is 16.5. The molecule has 0 spiro atoms. The number of nitrogen functional groups attached to an aromatic ring is 1. The molecule has 4 nitrogen and oxygen atoms in total. The Kier molecular flexibility index (Phi) is 5.63. The topological polar surface area (TPSA) is 61.5 Å². The van der Waals surface area contributed by atoms with E-state index in [1.807, 2.05) is 45.0 Å². The molecule has 122 valence electrons. The molecule has 0 aliphatic heterocycles. The smallest absolute Gasteiger partial charge is 0.165 e. The fraction of sp³-hybridized carbons (Fsp3) is 0.316. The average molecular weight is 313 g/mol. The van der Waals surface area contributed by atoms with Gasteiger partial charge in [0.25, 0.3) is 0 Å². The number of rotatable bonds is 7. The van der Waals surface area contributed by atoms with Crippen molar-refractivity contribution < 1.29 is 14.3 Å². The van der Waals surface area contributed by atoms with E-state index in [1.165, 1.54) is 5.56 Å². The summed E-state index contributed by atoms with van der Waals surface area (Å²) in [5.74, 6) is 1.40. The zero-order valence-electron chi connectivity index (χ0n) is 13.8. The predicted molar refractivity (Wildman–Crippen MR) is 92.2 cm³/mol. The maximum Gasteiger partial charge on any atom is 0.165 e. The monoisotopic (exact) mass is 313 g/mol. The molecule has 0 heterocycles. The third kappa shape index (κ3) is 4.74. The number of nitrogens with two attached hydrogens (primary N) is 1. The number of ether oxygens (including phenoxy) is 2. The lowest BCUT2D eigenvalue weighted by Crippen LogP contribution is -2.11. The minimum atomic E-state index is -0.0518. The molecular weight excluding hydrogens is 290 g/mol. The Morgan fingerprint density at radius 3 is 2.30 bits per heavy atom. The normalized spacial score (nSPS) is 10.6. The first-order valence-electron chi connectivity index (χ1n) is 7.73. The van der Waals surface area contributed by atoms with Crippen LogP contribution < -0.4 is 15.2 Å². The van der Waals surface area contributed by atoms with E-state index in [0.29, 0.717) is 30.2 Å². The van der Waals surface area contributed by atoms with Gasteiger partial charge in [0.15, 0.2) is 5.78 Å². The highest BCUT2D eigenvalue weighted by Gasteiger charge is 2.12. The van der Waals surface area contributed by atoms with Gasteiger partial charge >= 0.3 is 0 Å². The molecular formula is C19H23NO3. The maximum atomic E-state index is 11.9. The summed E-state index contributed by atoms with van der Waals surface area (Å²) in [5.41, 5.74) is 8.22. The van der Waals surface area contributed by atoms with Crippen LogP contribution in [0.25, 0.3) is 0 Å². The van der Waals surface area contributed by atoms with E-state index in [-0.39, 0.29) is 11.7 Å². The standard InChI is InChI=1S/C19H23NO3/c1-13(2)19(21)15-6-9-18(17(20)12-15)23-11-10-22-16-7-4-14(3)5-8-16/h4-9,12-13H,10-11,20H2,1-3H3. The van der Waals surface area contributed by atoms with Crippen molar-refractivity contribution >= 4 is 11.5 Å². The van der Waals surface area contributed by atoms with Gasteiger partial charge in [0, 0.05) is 11.5 Å². The van der Waals surface area contributed by atoms with Gasteiger partial charge in [0.1, 0.15) is 24.7 Å². The Morgan fingerprint density at radius 1 is 1.04 bits per heavy atom. The Bertz CT molecular complexity index is 663. The van der Waals surface area contributed by atoms with Crippen LogP contribution in [0.4, 0.5) is 5.69 Å². The lowest BCUT2D eigenvalue weighted by molar-refractivity contribution is 0.0939. The fourth-order valence-corrected chi connectivity index (χ4v) is 2.11. The summed E-state index contributed by atoms with van der Waals surface area (Å²) >= 11 is 0. The van der Waals surface area contributed by atoms with E-state index in [9.17, 15) is 4.79 Å². The quantitative estimate of drug-likeness (QED) is 0.479. The molecule has 0 aliphatic rings. The summed E-state index contributed by atoms with van der Waals surface area (Å²) in [7, 11) is 0. The van der Waals surface area contributed by atoms with E-state index in [1.54, 1.807) is 18.2 Å². The van der Waals surface area contributed by atoms with Crippen molar-refractivity contribution in [3.63, 3.8) is 0 Å². The Balaban J connectivity index is 1.86. The minimum Gasteiger partial charge on any atom is -0.490 e. The zero-order valence-corrected chi connectivity index (χ0v) is 13.8. The molecule has 2 aromatic carbocycles. The molecule has 4 heteroatoms. The summed E-state index contributed by atoms with van der Waals surface area (Å²) < 4.78 is 11.2. The van der Waals surface area contributed by atoms with E-state index >= 15 is 0 Å². The van der Waals surface area contributed by atoms with E-state index < -0.39 is 0 Å². The highest BCUT2D eigenvalue weighted by Crippen LogP contribution is 2.24. The average Bonchev–Trinajstić information content (AvgIpc) is 2.53. The molecule has 0 aromatic heterocycles. The maximum absolute atomic E-state index is 11.9. The predicted octanol–water partition coefficient (Wildman–Crippen LogP) is 3.87. The number of ketones is 1. The van der Waals surface area contributed by atoms with Crippen molar-refractivity contribution in [1.82, 2.24) is 0 Å². The van der Waals surface area contributed by atoms with Crippen LogP contribution in [0, 0.1) is 12.8 Å². The number of hydrogen-bond acceptors (Lipinski definition) is 4. The summed E-state index contributed by atoms with van der Waals surface area (Å²) in [4.78, 5) is 11.9. The minimum absolute atomic E-state index is 0.0518. The van der Waals surface area contributed by atoms with E-state index in [0.717, 1.165) is 5.75 Å².